The summed E-state index contributed by atoms with van der Waals surface area (Å²) in [6, 6.07) is 0. The van der Waals surface area contributed by atoms with Crippen molar-refractivity contribution in [2.75, 3.05) is 32.7 Å². The highest BCUT2D eigenvalue weighted by Crippen LogP contribution is 2.23. The molecule has 1 aliphatic rings. The van der Waals surface area contributed by atoms with Crippen molar-refractivity contribution < 1.29 is 4.52 Å². The Morgan fingerprint density at radius 3 is 2.44 bits per heavy atom. The summed E-state index contributed by atoms with van der Waals surface area (Å²) in [5, 5.41) is 10.9. The third kappa shape index (κ3) is 6.93. The number of guanidine groups is 1. The van der Waals surface area contributed by atoms with Crippen LogP contribution in [0.1, 0.15) is 69.9 Å². The van der Waals surface area contributed by atoms with Crippen LogP contribution in [0, 0.1) is 13.8 Å². The van der Waals surface area contributed by atoms with Crippen LogP contribution >= 0.6 is 24.0 Å². The van der Waals surface area contributed by atoms with E-state index in [1.54, 1.807) is 0 Å². The van der Waals surface area contributed by atoms with E-state index in [-0.39, 0.29) is 29.5 Å². The molecule has 1 unspecified atom stereocenters. The maximum absolute atomic E-state index is 5.30. The second-order valence-electron chi connectivity index (χ2n) is 8.08. The molecule has 1 atom stereocenters. The molecule has 2 rings (SSSR count). The largest absolute Gasteiger partial charge is 0.361 e. The van der Waals surface area contributed by atoms with Crippen LogP contribution in [0.3, 0.4) is 0 Å². The van der Waals surface area contributed by atoms with Crippen LogP contribution in [-0.4, -0.2) is 54.3 Å². The Bertz CT molecular complexity index is 574. The van der Waals surface area contributed by atoms with Crippen molar-refractivity contribution in [2.45, 2.75) is 72.3 Å². The van der Waals surface area contributed by atoms with Gasteiger partial charge in [-0.3, -0.25) is 9.89 Å². The van der Waals surface area contributed by atoms with E-state index in [0.29, 0.717) is 5.92 Å². The maximum Gasteiger partial charge on any atom is 0.191 e. The fourth-order valence-electron chi connectivity index (χ4n) is 3.76. The first-order chi connectivity index (χ1) is 12.3. The van der Waals surface area contributed by atoms with E-state index in [0.717, 1.165) is 37.0 Å². The maximum atomic E-state index is 5.30. The summed E-state index contributed by atoms with van der Waals surface area (Å²) >= 11 is 0. The van der Waals surface area contributed by atoms with Gasteiger partial charge in [-0.15, -0.1) is 24.0 Å². The minimum atomic E-state index is 0. The van der Waals surface area contributed by atoms with Gasteiger partial charge in [0.25, 0.3) is 0 Å². The Morgan fingerprint density at radius 2 is 1.89 bits per heavy atom. The fraction of sp³-hybridized carbons (Fsp3) is 0.800. The Balaban J connectivity index is 0.00000364. The molecule has 1 fully saturated rings. The minimum absolute atomic E-state index is 0. The topological polar surface area (TPSA) is 65.7 Å². The van der Waals surface area contributed by atoms with Gasteiger partial charge in [-0.25, -0.2) is 0 Å². The highest BCUT2D eigenvalue weighted by molar-refractivity contribution is 14.0. The molecular weight excluding hydrogens is 453 g/mol. The van der Waals surface area contributed by atoms with Gasteiger partial charge in [-0.05, 0) is 60.5 Å². The normalized spacial score (nSPS) is 17.3. The van der Waals surface area contributed by atoms with E-state index in [1.807, 2.05) is 13.8 Å². The SMILES string of the molecule is CCNC(=NCC(C)(C)N1CCCCC1)NCC(C)c1c(C)noc1C.I. The average molecular weight is 491 g/mol. The van der Waals surface area contributed by atoms with Crippen molar-refractivity contribution in [2.24, 2.45) is 4.99 Å². The lowest BCUT2D eigenvalue weighted by Crippen LogP contribution is -2.49. The fourth-order valence-corrected chi connectivity index (χ4v) is 3.76. The molecule has 0 bridgehead atoms. The summed E-state index contributed by atoms with van der Waals surface area (Å²) in [6.45, 7) is 17.7. The number of nitrogens with zero attached hydrogens (tertiary/aromatic N) is 3. The summed E-state index contributed by atoms with van der Waals surface area (Å²) < 4.78 is 5.30. The average Bonchev–Trinajstić information content (AvgIpc) is 2.96. The van der Waals surface area contributed by atoms with Crippen LogP contribution < -0.4 is 10.6 Å². The molecule has 156 valence electrons. The molecule has 2 heterocycles. The first-order valence-corrected chi connectivity index (χ1v) is 10.0. The highest BCUT2D eigenvalue weighted by Gasteiger charge is 2.27. The summed E-state index contributed by atoms with van der Waals surface area (Å²) in [5.41, 5.74) is 2.27. The molecule has 6 nitrogen and oxygen atoms in total. The van der Waals surface area contributed by atoms with E-state index < -0.39 is 0 Å². The van der Waals surface area contributed by atoms with Crippen LogP contribution in [0.5, 0.6) is 0 Å². The number of hydrogen-bond donors (Lipinski definition) is 2. The number of hydrogen-bond acceptors (Lipinski definition) is 4. The molecule has 7 heteroatoms. The molecule has 27 heavy (non-hydrogen) atoms. The van der Waals surface area contributed by atoms with Gasteiger partial charge in [0, 0.05) is 30.1 Å². The number of aliphatic imine (C=N–C) groups is 1. The standard InChI is InChI=1S/C20H37N5O.HI/c1-7-21-19(22-13-15(2)18-16(3)24-26-17(18)4)23-14-20(5,6)25-11-9-8-10-12-25;/h15H,7-14H2,1-6H3,(H2,21,22,23);1H. The number of aromatic nitrogens is 1. The zero-order valence-corrected chi connectivity index (χ0v) is 20.2. The Labute approximate surface area is 181 Å². The van der Waals surface area contributed by atoms with Gasteiger partial charge in [-0.1, -0.05) is 18.5 Å². The van der Waals surface area contributed by atoms with Gasteiger partial charge in [-0.2, -0.15) is 0 Å². The molecule has 0 amide bonds. The zero-order valence-electron chi connectivity index (χ0n) is 17.9. The van der Waals surface area contributed by atoms with E-state index in [1.165, 1.54) is 37.9 Å². The summed E-state index contributed by atoms with van der Waals surface area (Å²) in [5.74, 6) is 2.11. The van der Waals surface area contributed by atoms with Crippen molar-refractivity contribution in [3.63, 3.8) is 0 Å². The van der Waals surface area contributed by atoms with Crippen LogP contribution in [0.2, 0.25) is 0 Å². The van der Waals surface area contributed by atoms with E-state index >= 15 is 0 Å². The Hall–Kier alpha value is -0.830. The zero-order chi connectivity index (χ0) is 19.2. The number of nitrogens with one attached hydrogen (secondary N) is 2. The van der Waals surface area contributed by atoms with Crippen molar-refractivity contribution in [3.8, 4) is 0 Å². The molecule has 1 aromatic heterocycles. The Kier molecular flexibility index (Phi) is 10.1. The first-order valence-electron chi connectivity index (χ1n) is 10.0. The van der Waals surface area contributed by atoms with Gasteiger partial charge in [0.05, 0.1) is 12.2 Å². The molecule has 0 radical (unpaired) electrons. The summed E-state index contributed by atoms with van der Waals surface area (Å²) in [6.07, 6.45) is 3.97. The molecule has 0 spiro atoms. The third-order valence-corrected chi connectivity index (χ3v) is 5.34. The first kappa shape index (κ1) is 24.2. The number of piperidine rings is 1. The lowest BCUT2D eigenvalue weighted by Gasteiger charge is -2.40. The molecule has 0 saturated carbocycles. The van der Waals surface area contributed by atoms with Crippen LogP contribution in [0.15, 0.2) is 9.52 Å². The molecule has 1 aromatic rings. The van der Waals surface area contributed by atoms with Gasteiger partial charge >= 0.3 is 0 Å². The van der Waals surface area contributed by atoms with E-state index in [9.17, 15) is 0 Å². The minimum Gasteiger partial charge on any atom is -0.361 e. The molecule has 0 aliphatic carbocycles. The van der Waals surface area contributed by atoms with Crippen molar-refractivity contribution in [3.05, 3.63) is 17.0 Å². The molecule has 1 aliphatic heterocycles. The monoisotopic (exact) mass is 491 g/mol. The van der Waals surface area contributed by atoms with E-state index in [4.69, 9.17) is 9.52 Å². The number of rotatable bonds is 7. The second-order valence-corrected chi connectivity index (χ2v) is 8.08. The highest BCUT2D eigenvalue weighted by atomic mass is 127. The lowest BCUT2D eigenvalue weighted by atomic mass is 9.99. The van der Waals surface area contributed by atoms with Crippen LogP contribution in [-0.2, 0) is 0 Å². The van der Waals surface area contributed by atoms with Crippen molar-refractivity contribution in [1.29, 1.82) is 0 Å². The van der Waals surface area contributed by atoms with Gasteiger partial charge in [0.1, 0.15) is 5.76 Å². The predicted molar refractivity (Wildman–Crippen MR) is 123 cm³/mol. The quantitative estimate of drug-likeness (QED) is 0.345. The predicted octanol–water partition coefficient (Wildman–Crippen LogP) is 3.83. The van der Waals surface area contributed by atoms with Gasteiger partial charge in [0.15, 0.2) is 5.96 Å². The third-order valence-electron chi connectivity index (χ3n) is 5.34. The van der Waals surface area contributed by atoms with Crippen LogP contribution in [0.4, 0.5) is 0 Å². The summed E-state index contributed by atoms with van der Waals surface area (Å²) in [4.78, 5) is 7.45. The van der Waals surface area contributed by atoms with Crippen LogP contribution in [0.25, 0.3) is 0 Å². The number of likely N-dealkylation sites (tertiary alicyclic amines) is 1. The Morgan fingerprint density at radius 1 is 1.22 bits per heavy atom. The second kappa shape index (κ2) is 11.2. The molecule has 2 N–H and O–H groups in total. The lowest BCUT2D eigenvalue weighted by molar-refractivity contribution is 0.102. The summed E-state index contributed by atoms with van der Waals surface area (Å²) in [7, 11) is 0. The van der Waals surface area contributed by atoms with Gasteiger partial charge < -0.3 is 15.2 Å². The van der Waals surface area contributed by atoms with Crippen molar-refractivity contribution in [1.82, 2.24) is 20.7 Å². The van der Waals surface area contributed by atoms with Crippen molar-refractivity contribution >= 4 is 29.9 Å². The molecule has 0 aromatic carbocycles. The van der Waals surface area contributed by atoms with E-state index in [2.05, 4.69) is 48.4 Å². The number of aryl methyl sites for hydroxylation is 2. The molecular formula is C20H38IN5O. The van der Waals surface area contributed by atoms with Gasteiger partial charge in [0.2, 0.25) is 0 Å². The number of halogens is 1. The molecule has 1 saturated heterocycles. The smallest absolute Gasteiger partial charge is 0.191 e.